The second-order valence-corrected chi connectivity index (χ2v) is 12.1. The molecule has 1 N–H and O–H groups in total. The van der Waals surface area contributed by atoms with Gasteiger partial charge in [-0.2, -0.15) is 0 Å². The van der Waals surface area contributed by atoms with E-state index in [4.69, 9.17) is 0 Å². The summed E-state index contributed by atoms with van der Waals surface area (Å²) >= 11 is 0. The fourth-order valence-corrected chi connectivity index (χ4v) is 5.24. The molecule has 9 heteroatoms. The first-order valence-electron chi connectivity index (χ1n) is 12.3. The van der Waals surface area contributed by atoms with E-state index in [1.165, 1.54) is 35.2 Å². The van der Waals surface area contributed by atoms with Gasteiger partial charge in [-0.15, -0.1) is 0 Å². The van der Waals surface area contributed by atoms with Gasteiger partial charge < -0.3 is 10.2 Å². The number of anilines is 1. The monoisotopic (exact) mass is 539 g/mol. The van der Waals surface area contributed by atoms with E-state index >= 15 is 0 Å². The van der Waals surface area contributed by atoms with Crippen LogP contribution in [0.1, 0.15) is 38.8 Å². The number of hydrogen-bond acceptors (Lipinski definition) is 4. The molecule has 0 saturated heterocycles. The zero-order valence-electron chi connectivity index (χ0n) is 22.3. The molecule has 3 aromatic carbocycles. The molecule has 0 spiro atoms. The van der Waals surface area contributed by atoms with Gasteiger partial charge in [0.1, 0.15) is 18.4 Å². The summed E-state index contributed by atoms with van der Waals surface area (Å²) in [4.78, 5) is 28.1. The molecule has 0 aliphatic rings. The highest BCUT2D eigenvalue weighted by Gasteiger charge is 2.33. The highest BCUT2D eigenvalue weighted by molar-refractivity contribution is 7.92. The first kappa shape index (κ1) is 28.8. The van der Waals surface area contributed by atoms with Crippen molar-refractivity contribution in [2.75, 3.05) is 10.8 Å². The standard InChI is InChI=1S/C29H34FN3O4S/c1-21-15-17-25(18-16-21)38(36,37)33(24-12-7-6-8-13-24)20-27(34)32(19-23-11-9-10-14-26(23)30)22(2)28(35)31-29(3,4)5/h6-18,22H,19-20H2,1-5H3,(H,31,35). The number of amides is 2. The average Bonchev–Trinajstić information content (AvgIpc) is 2.86. The molecule has 7 nitrogen and oxygen atoms in total. The molecule has 0 aliphatic heterocycles. The molecule has 0 bridgehead atoms. The van der Waals surface area contributed by atoms with Crippen LogP contribution >= 0.6 is 0 Å². The third kappa shape index (κ3) is 7.19. The summed E-state index contributed by atoms with van der Waals surface area (Å²) in [5.74, 6) is -1.61. The molecule has 2 amide bonds. The number of rotatable bonds is 9. The van der Waals surface area contributed by atoms with Gasteiger partial charge in [-0.3, -0.25) is 13.9 Å². The van der Waals surface area contributed by atoms with Crippen LogP contribution in [0.25, 0.3) is 0 Å². The molecule has 0 saturated carbocycles. The van der Waals surface area contributed by atoms with Gasteiger partial charge in [-0.25, -0.2) is 12.8 Å². The first-order valence-corrected chi connectivity index (χ1v) is 13.7. The number of sulfonamides is 1. The Morgan fingerprint density at radius 1 is 0.921 bits per heavy atom. The lowest BCUT2D eigenvalue weighted by Crippen LogP contribution is -2.54. The predicted octanol–water partition coefficient (Wildman–Crippen LogP) is 4.66. The summed E-state index contributed by atoms with van der Waals surface area (Å²) in [5, 5.41) is 2.84. The molecule has 0 aliphatic carbocycles. The second kappa shape index (κ2) is 11.8. The van der Waals surface area contributed by atoms with Crippen molar-refractivity contribution < 1.29 is 22.4 Å². The molecule has 3 rings (SSSR count). The molecule has 0 fully saturated rings. The van der Waals surface area contributed by atoms with Gasteiger partial charge in [0.2, 0.25) is 11.8 Å². The molecule has 1 atom stereocenters. The molecule has 202 valence electrons. The zero-order valence-corrected chi connectivity index (χ0v) is 23.1. The van der Waals surface area contributed by atoms with Crippen LogP contribution in [-0.2, 0) is 26.2 Å². The van der Waals surface area contributed by atoms with Gasteiger partial charge in [-0.1, -0.05) is 54.1 Å². The number of carbonyl (C=O) groups is 2. The van der Waals surface area contributed by atoms with Crippen molar-refractivity contribution in [1.29, 1.82) is 0 Å². The van der Waals surface area contributed by atoms with E-state index in [0.29, 0.717) is 5.69 Å². The third-order valence-corrected chi connectivity index (χ3v) is 7.68. The minimum Gasteiger partial charge on any atom is -0.350 e. The number of hydrogen-bond donors (Lipinski definition) is 1. The van der Waals surface area contributed by atoms with E-state index in [-0.39, 0.29) is 17.0 Å². The van der Waals surface area contributed by atoms with Crippen molar-refractivity contribution in [2.45, 2.75) is 57.6 Å². The van der Waals surface area contributed by atoms with Crippen LogP contribution in [0.15, 0.2) is 83.8 Å². The number of benzene rings is 3. The predicted molar refractivity (Wildman–Crippen MR) is 146 cm³/mol. The van der Waals surface area contributed by atoms with Gasteiger partial charge in [-0.05, 0) is 65.0 Å². The van der Waals surface area contributed by atoms with Crippen LogP contribution in [-0.4, -0.2) is 43.3 Å². The van der Waals surface area contributed by atoms with E-state index in [1.807, 2.05) is 27.7 Å². The summed E-state index contributed by atoms with van der Waals surface area (Å²) in [6.07, 6.45) is 0. The van der Waals surface area contributed by atoms with Crippen molar-refractivity contribution in [3.8, 4) is 0 Å². The maximum atomic E-state index is 14.6. The topological polar surface area (TPSA) is 86.8 Å². The van der Waals surface area contributed by atoms with Crippen molar-refractivity contribution in [3.05, 3.63) is 95.8 Å². The quantitative estimate of drug-likeness (QED) is 0.429. The Bertz CT molecular complexity index is 1370. The highest BCUT2D eigenvalue weighted by Crippen LogP contribution is 2.25. The molecule has 0 heterocycles. The van der Waals surface area contributed by atoms with Gasteiger partial charge in [0, 0.05) is 17.6 Å². The van der Waals surface area contributed by atoms with E-state index in [2.05, 4.69) is 5.32 Å². The molecule has 0 radical (unpaired) electrons. The van der Waals surface area contributed by atoms with E-state index in [1.54, 1.807) is 55.5 Å². The molecular weight excluding hydrogens is 505 g/mol. The minimum absolute atomic E-state index is 0.0268. The van der Waals surface area contributed by atoms with Gasteiger partial charge in [0.05, 0.1) is 10.6 Å². The number of para-hydroxylation sites is 1. The average molecular weight is 540 g/mol. The van der Waals surface area contributed by atoms with Crippen LogP contribution < -0.4 is 9.62 Å². The lowest BCUT2D eigenvalue weighted by atomic mass is 10.1. The maximum Gasteiger partial charge on any atom is 0.264 e. The highest BCUT2D eigenvalue weighted by atomic mass is 32.2. The molecule has 3 aromatic rings. The molecule has 0 aromatic heterocycles. The number of nitrogens with one attached hydrogen (secondary N) is 1. The Morgan fingerprint density at radius 2 is 1.50 bits per heavy atom. The number of nitrogens with zero attached hydrogens (tertiary/aromatic N) is 2. The van der Waals surface area contributed by atoms with Crippen LogP contribution in [0, 0.1) is 12.7 Å². The van der Waals surface area contributed by atoms with Crippen molar-refractivity contribution in [1.82, 2.24) is 10.2 Å². The SMILES string of the molecule is Cc1ccc(S(=O)(=O)N(CC(=O)N(Cc2ccccc2F)C(C)C(=O)NC(C)(C)C)c2ccccc2)cc1. The second-order valence-electron chi connectivity index (χ2n) is 10.2. The Balaban J connectivity index is 2.02. The van der Waals surface area contributed by atoms with Crippen molar-refractivity contribution >= 4 is 27.5 Å². The van der Waals surface area contributed by atoms with Gasteiger partial charge in [0.25, 0.3) is 10.0 Å². The van der Waals surface area contributed by atoms with Crippen LogP contribution in [0.4, 0.5) is 10.1 Å². The smallest absolute Gasteiger partial charge is 0.264 e. The van der Waals surface area contributed by atoms with E-state index < -0.39 is 45.8 Å². The van der Waals surface area contributed by atoms with Gasteiger partial charge >= 0.3 is 0 Å². The number of carbonyl (C=O) groups excluding carboxylic acids is 2. The third-order valence-electron chi connectivity index (χ3n) is 5.90. The Hall–Kier alpha value is -3.72. The lowest BCUT2D eigenvalue weighted by Gasteiger charge is -2.33. The first-order chi connectivity index (χ1) is 17.8. The number of halogens is 1. The van der Waals surface area contributed by atoms with E-state index in [0.717, 1.165) is 9.87 Å². The maximum absolute atomic E-state index is 14.6. The summed E-state index contributed by atoms with van der Waals surface area (Å²) in [7, 11) is -4.14. The molecular formula is C29H34FN3O4S. The minimum atomic E-state index is -4.14. The van der Waals surface area contributed by atoms with Gasteiger partial charge in [0.15, 0.2) is 0 Å². The van der Waals surface area contributed by atoms with Crippen LogP contribution in [0.5, 0.6) is 0 Å². The summed E-state index contributed by atoms with van der Waals surface area (Å²) < 4.78 is 43.0. The summed E-state index contributed by atoms with van der Waals surface area (Å²) in [5.41, 5.74) is 0.826. The molecule has 1 unspecified atom stereocenters. The molecule has 38 heavy (non-hydrogen) atoms. The lowest BCUT2D eigenvalue weighted by molar-refractivity contribution is -0.140. The normalized spacial score (nSPS) is 12.5. The Kier molecular flexibility index (Phi) is 8.93. The largest absolute Gasteiger partial charge is 0.350 e. The summed E-state index contributed by atoms with van der Waals surface area (Å²) in [6, 6.07) is 19.6. The van der Waals surface area contributed by atoms with Crippen LogP contribution in [0.2, 0.25) is 0 Å². The summed E-state index contributed by atoms with van der Waals surface area (Å²) in [6.45, 7) is 8.03. The van der Waals surface area contributed by atoms with Crippen molar-refractivity contribution in [2.24, 2.45) is 0 Å². The number of aryl methyl sites for hydroxylation is 1. The Morgan fingerprint density at radius 3 is 2.08 bits per heavy atom. The van der Waals surface area contributed by atoms with Crippen LogP contribution in [0.3, 0.4) is 0 Å². The van der Waals surface area contributed by atoms with E-state index in [9.17, 15) is 22.4 Å². The zero-order chi connectivity index (χ0) is 28.1. The fourth-order valence-electron chi connectivity index (χ4n) is 3.83. The Labute approximate surface area is 224 Å². The fraction of sp³-hybridized carbons (Fsp3) is 0.310. The van der Waals surface area contributed by atoms with Crippen molar-refractivity contribution in [3.63, 3.8) is 0 Å².